The van der Waals surface area contributed by atoms with E-state index in [-0.39, 0.29) is 11.8 Å². The fourth-order valence-electron chi connectivity index (χ4n) is 3.30. The van der Waals surface area contributed by atoms with E-state index in [2.05, 4.69) is 5.32 Å². The first kappa shape index (κ1) is 19.4. The Bertz CT molecular complexity index is 828. The molecule has 5 heteroatoms. The number of hydrogen-bond acceptors (Lipinski definition) is 2. The van der Waals surface area contributed by atoms with Crippen molar-refractivity contribution >= 4 is 29.1 Å². The summed E-state index contributed by atoms with van der Waals surface area (Å²) in [6, 6.07) is 15.4. The van der Waals surface area contributed by atoms with Crippen LogP contribution in [0.25, 0.3) is 0 Å². The summed E-state index contributed by atoms with van der Waals surface area (Å²) in [5, 5.41) is 3.65. The lowest BCUT2D eigenvalue weighted by Crippen LogP contribution is -2.45. The first-order valence-corrected chi connectivity index (χ1v) is 9.75. The first-order valence-electron chi connectivity index (χ1n) is 9.37. The largest absolute Gasteiger partial charge is 0.355 e. The molecule has 3 rings (SSSR count). The Morgan fingerprint density at radius 2 is 1.85 bits per heavy atom. The zero-order chi connectivity index (χ0) is 19.4. The molecule has 1 aliphatic rings. The average molecular weight is 385 g/mol. The maximum atomic E-state index is 13.1. The van der Waals surface area contributed by atoms with Crippen molar-refractivity contribution in [1.29, 1.82) is 0 Å². The van der Waals surface area contributed by atoms with Gasteiger partial charge >= 0.3 is 0 Å². The van der Waals surface area contributed by atoms with Gasteiger partial charge in [0, 0.05) is 23.8 Å². The van der Waals surface area contributed by atoms with Gasteiger partial charge in [-0.25, -0.2) is 0 Å². The fourth-order valence-corrected chi connectivity index (χ4v) is 3.43. The van der Waals surface area contributed by atoms with Crippen molar-refractivity contribution in [1.82, 2.24) is 5.32 Å². The van der Waals surface area contributed by atoms with E-state index in [0.29, 0.717) is 37.4 Å². The molecule has 142 valence electrons. The topological polar surface area (TPSA) is 49.4 Å². The lowest BCUT2D eigenvalue weighted by atomic mass is 10.0. The predicted octanol–water partition coefficient (Wildman–Crippen LogP) is 4.14. The van der Waals surface area contributed by atoms with Crippen LogP contribution in [0.15, 0.2) is 48.5 Å². The summed E-state index contributed by atoms with van der Waals surface area (Å²) in [6.07, 6.45) is 1.93. The van der Waals surface area contributed by atoms with Crippen LogP contribution in [0.2, 0.25) is 5.02 Å². The number of carbonyl (C=O) groups excluding carboxylic acids is 2. The summed E-state index contributed by atoms with van der Waals surface area (Å²) >= 11 is 5.89. The quantitative estimate of drug-likeness (QED) is 0.729. The van der Waals surface area contributed by atoms with Crippen LogP contribution >= 0.6 is 11.6 Å². The van der Waals surface area contributed by atoms with E-state index in [1.807, 2.05) is 62.4 Å². The van der Waals surface area contributed by atoms with Crippen molar-refractivity contribution in [2.75, 3.05) is 18.0 Å². The Balaban J connectivity index is 1.63. The number of carbonyl (C=O) groups is 2. The fraction of sp³-hybridized carbons (Fsp3) is 0.364. The van der Waals surface area contributed by atoms with Gasteiger partial charge in [0.15, 0.2) is 0 Å². The highest BCUT2D eigenvalue weighted by molar-refractivity contribution is 6.30. The number of anilines is 1. The number of halogens is 1. The van der Waals surface area contributed by atoms with Crippen LogP contribution in [0.4, 0.5) is 5.69 Å². The third-order valence-corrected chi connectivity index (χ3v) is 5.33. The van der Waals surface area contributed by atoms with E-state index < -0.39 is 5.41 Å². The smallest absolute Gasteiger partial charge is 0.242 e. The Kier molecular flexibility index (Phi) is 5.85. The van der Waals surface area contributed by atoms with Gasteiger partial charge in [0.2, 0.25) is 11.8 Å². The van der Waals surface area contributed by atoms with Gasteiger partial charge in [-0.05, 0) is 68.5 Å². The summed E-state index contributed by atoms with van der Waals surface area (Å²) in [6.45, 7) is 4.99. The summed E-state index contributed by atoms with van der Waals surface area (Å²) in [5.74, 6) is -0.257. The van der Waals surface area contributed by atoms with Crippen LogP contribution in [0, 0.1) is 12.3 Å². The highest BCUT2D eigenvalue weighted by atomic mass is 35.5. The van der Waals surface area contributed by atoms with Crippen LogP contribution in [0.1, 0.15) is 30.9 Å². The van der Waals surface area contributed by atoms with Crippen molar-refractivity contribution in [2.45, 2.75) is 33.1 Å². The van der Waals surface area contributed by atoms with Gasteiger partial charge in [-0.15, -0.1) is 0 Å². The van der Waals surface area contributed by atoms with Crippen LogP contribution in [-0.2, 0) is 16.0 Å². The van der Waals surface area contributed by atoms with Gasteiger partial charge in [0.05, 0.1) is 0 Å². The molecule has 0 aromatic heterocycles. The molecule has 1 N–H and O–H groups in total. The second kappa shape index (κ2) is 8.13. The van der Waals surface area contributed by atoms with Gasteiger partial charge < -0.3 is 10.2 Å². The zero-order valence-electron chi connectivity index (χ0n) is 15.8. The van der Waals surface area contributed by atoms with E-state index >= 15 is 0 Å². The average Bonchev–Trinajstić information content (AvgIpc) is 3.46. The first-order chi connectivity index (χ1) is 13.0. The van der Waals surface area contributed by atoms with Gasteiger partial charge in [-0.3, -0.25) is 9.59 Å². The minimum absolute atomic E-state index is 0.0976. The molecule has 0 spiro atoms. The van der Waals surface area contributed by atoms with Crippen molar-refractivity contribution in [3.05, 3.63) is 64.7 Å². The van der Waals surface area contributed by atoms with Crippen LogP contribution in [0.3, 0.4) is 0 Å². The highest BCUT2D eigenvalue weighted by Gasteiger charge is 2.57. The van der Waals surface area contributed by atoms with Crippen molar-refractivity contribution in [3.8, 4) is 0 Å². The third kappa shape index (κ3) is 4.33. The molecule has 0 unspecified atom stereocenters. The Labute approximate surface area is 165 Å². The van der Waals surface area contributed by atoms with E-state index in [4.69, 9.17) is 11.6 Å². The lowest BCUT2D eigenvalue weighted by Gasteiger charge is -2.26. The number of nitrogens with one attached hydrogen (secondary N) is 1. The molecule has 1 saturated carbocycles. The zero-order valence-corrected chi connectivity index (χ0v) is 16.6. The van der Waals surface area contributed by atoms with E-state index in [9.17, 15) is 9.59 Å². The molecule has 0 bridgehead atoms. The molecule has 1 aliphatic carbocycles. The maximum Gasteiger partial charge on any atom is 0.242 e. The van der Waals surface area contributed by atoms with Crippen LogP contribution in [-0.4, -0.2) is 24.9 Å². The Morgan fingerprint density at radius 1 is 1.15 bits per heavy atom. The molecule has 2 aromatic rings. The second-order valence-electron chi connectivity index (χ2n) is 7.10. The minimum Gasteiger partial charge on any atom is -0.355 e. The van der Waals surface area contributed by atoms with Crippen LogP contribution < -0.4 is 10.2 Å². The summed E-state index contributed by atoms with van der Waals surface area (Å²) in [5.41, 5.74) is 2.14. The highest BCUT2D eigenvalue weighted by Crippen LogP contribution is 2.48. The maximum absolute atomic E-state index is 13.1. The van der Waals surface area contributed by atoms with E-state index in [0.717, 1.165) is 16.8 Å². The van der Waals surface area contributed by atoms with E-state index in [1.54, 1.807) is 4.90 Å². The molecule has 4 nitrogen and oxygen atoms in total. The Hall–Kier alpha value is -2.33. The van der Waals surface area contributed by atoms with Gasteiger partial charge in [0.1, 0.15) is 5.41 Å². The van der Waals surface area contributed by atoms with Gasteiger partial charge in [-0.1, -0.05) is 35.9 Å². The predicted molar refractivity (Wildman–Crippen MR) is 109 cm³/mol. The molecule has 0 atom stereocenters. The molecule has 27 heavy (non-hydrogen) atoms. The normalized spacial score (nSPS) is 14.5. The lowest BCUT2D eigenvalue weighted by molar-refractivity contribution is -0.135. The third-order valence-electron chi connectivity index (χ3n) is 5.08. The monoisotopic (exact) mass is 384 g/mol. The summed E-state index contributed by atoms with van der Waals surface area (Å²) in [4.78, 5) is 27.6. The van der Waals surface area contributed by atoms with Crippen LogP contribution in [0.5, 0.6) is 0 Å². The minimum atomic E-state index is -0.903. The number of rotatable bonds is 7. The number of amides is 2. The summed E-state index contributed by atoms with van der Waals surface area (Å²) < 4.78 is 0. The number of hydrogen-bond donors (Lipinski definition) is 1. The summed E-state index contributed by atoms with van der Waals surface area (Å²) in [7, 11) is 0. The van der Waals surface area contributed by atoms with Crippen molar-refractivity contribution in [3.63, 3.8) is 0 Å². The number of aryl methyl sites for hydroxylation is 1. The standard InChI is InChI=1S/C22H25ClN2O2/c1-3-25(19-6-4-5-16(2)15-19)21(27)22(12-13-22)20(26)24-14-11-17-7-9-18(23)10-8-17/h4-10,15H,3,11-14H2,1-2H3,(H,24,26). The van der Waals surface area contributed by atoms with Gasteiger partial charge in [-0.2, -0.15) is 0 Å². The molecular weight excluding hydrogens is 360 g/mol. The number of nitrogens with zero attached hydrogens (tertiary/aromatic N) is 1. The van der Waals surface area contributed by atoms with Gasteiger partial charge in [0.25, 0.3) is 0 Å². The van der Waals surface area contributed by atoms with Crippen molar-refractivity contribution in [2.24, 2.45) is 5.41 Å². The molecule has 0 radical (unpaired) electrons. The molecule has 2 aromatic carbocycles. The molecule has 0 aliphatic heterocycles. The molecule has 0 heterocycles. The Morgan fingerprint density at radius 3 is 2.44 bits per heavy atom. The van der Waals surface area contributed by atoms with E-state index in [1.165, 1.54) is 0 Å². The molecule has 0 saturated heterocycles. The van der Waals surface area contributed by atoms with Crippen molar-refractivity contribution < 1.29 is 9.59 Å². The molecule has 2 amide bonds. The SMILES string of the molecule is CCN(C(=O)C1(C(=O)NCCc2ccc(Cl)cc2)CC1)c1cccc(C)c1. The second-order valence-corrected chi connectivity index (χ2v) is 7.54. The molecular formula is C22H25ClN2O2. The molecule has 1 fully saturated rings. The number of benzene rings is 2.